The fraction of sp³-hybridized carbons (Fsp3) is 0.222. The van der Waals surface area contributed by atoms with Crippen LogP contribution in [0.4, 0.5) is 4.39 Å². The molecule has 1 amide bonds. The monoisotopic (exact) mass is 314 g/mol. The zero-order valence-electron chi connectivity index (χ0n) is 13.4. The molecule has 0 aliphatic heterocycles. The molecule has 0 bridgehead atoms. The molecule has 23 heavy (non-hydrogen) atoms. The van der Waals surface area contributed by atoms with Crippen molar-refractivity contribution < 1.29 is 13.9 Å². The minimum absolute atomic E-state index is 0.186. The minimum atomic E-state index is -0.381. The van der Waals surface area contributed by atoms with Gasteiger partial charge in [0.15, 0.2) is 6.61 Å². The van der Waals surface area contributed by atoms with E-state index in [-0.39, 0.29) is 18.3 Å². The predicted molar refractivity (Wildman–Crippen MR) is 88.3 cm³/mol. The molecule has 0 heterocycles. The summed E-state index contributed by atoms with van der Waals surface area (Å²) in [6, 6.07) is 9.60. The Morgan fingerprint density at radius 2 is 1.78 bits per heavy atom. The number of carbonyl (C=O) groups excluding carboxylic acids is 1. The summed E-state index contributed by atoms with van der Waals surface area (Å²) in [5.74, 6) is -0.306. The van der Waals surface area contributed by atoms with Crippen LogP contribution in [0.15, 0.2) is 41.5 Å². The van der Waals surface area contributed by atoms with Crippen LogP contribution in [-0.4, -0.2) is 18.7 Å². The second-order valence-corrected chi connectivity index (χ2v) is 5.35. The van der Waals surface area contributed by atoms with Crippen molar-refractivity contribution in [3.8, 4) is 5.75 Å². The molecule has 0 radical (unpaired) electrons. The van der Waals surface area contributed by atoms with Crippen molar-refractivity contribution in [3.05, 3.63) is 64.5 Å². The number of hydrazone groups is 1. The second-order valence-electron chi connectivity index (χ2n) is 5.35. The van der Waals surface area contributed by atoms with E-state index in [1.807, 2.05) is 20.8 Å². The lowest BCUT2D eigenvalue weighted by Gasteiger charge is -2.07. The van der Waals surface area contributed by atoms with Gasteiger partial charge in [0.1, 0.15) is 11.6 Å². The molecule has 2 aromatic rings. The number of carbonyl (C=O) groups is 1. The zero-order valence-corrected chi connectivity index (χ0v) is 13.4. The molecule has 0 fully saturated rings. The van der Waals surface area contributed by atoms with E-state index >= 15 is 0 Å². The molecule has 0 saturated heterocycles. The van der Waals surface area contributed by atoms with Crippen LogP contribution in [0.1, 0.15) is 22.3 Å². The van der Waals surface area contributed by atoms with E-state index in [1.165, 1.54) is 29.8 Å². The highest BCUT2D eigenvalue weighted by atomic mass is 19.1. The molecule has 0 aliphatic carbocycles. The maximum atomic E-state index is 12.7. The molecule has 0 aliphatic rings. The van der Waals surface area contributed by atoms with Gasteiger partial charge in [-0.25, -0.2) is 9.82 Å². The van der Waals surface area contributed by atoms with Crippen molar-refractivity contribution in [3.63, 3.8) is 0 Å². The number of nitrogens with one attached hydrogen (secondary N) is 1. The Labute approximate surface area is 135 Å². The topological polar surface area (TPSA) is 50.7 Å². The molecule has 0 atom stereocenters. The Hall–Kier alpha value is -2.69. The number of ether oxygens (including phenoxy) is 1. The number of aryl methyl sites for hydroxylation is 3. The summed E-state index contributed by atoms with van der Waals surface area (Å²) in [7, 11) is 0. The smallest absolute Gasteiger partial charge is 0.277 e. The average molecular weight is 314 g/mol. The van der Waals surface area contributed by atoms with Crippen LogP contribution in [0, 0.1) is 26.6 Å². The second kappa shape index (κ2) is 7.54. The summed E-state index contributed by atoms with van der Waals surface area (Å²) in [6.07, 6.45) is 1.62. The lowest BCUT2D eigenvalue weighted by atomic mass is 10.0. The molecular formula is C18H19FN2O2. The van der Waals surface area contributed by atoms with Crippen molar-refractivity contribution in [1.82, 2.24) is 5.43 Å². The minimum Gasteiger partial charge on any atom is -0.484 e. The van der Waals surface area contributed by atoms with Crippen LogP contribution in [-0.2, 0) is 4.79 Å². The Kier molecular flexibility index (Phi) is 5.46. The molecular weight excluding hydrogens is 295 g/mol. The molecule has 1 N–H and O–H groups in total. The highest BCUT2D eigenvalue weighted by Crippen LogP contribution is 2.14. The van der Waals surface area contributed by atoms with Gasteiger partial charge in [0.25, 0.3) is 5.91 Å². The predicted octanol–water partition coefficient (Wildman–Crippen LogP) is 3.28. The zero-order chi connectivity index (χ0) is 16.8. The van der Waals surface area contributed by atoms with Gasteiger partial charge in [-0.3, -0.25) is 4.79 Å². The molecule has 5 heteroatoms. The quantitative estimate of drug-likeness (QED) is 0.680. The summed E-state index contributed by atoms with van der Waals surface area (Å²) in [5.41, 5.74) is 6.78. The maximum Gasteiger partial charge on any atom is 0.277 e. The van der Waals surface area contributed by atoms with E-state index in [2.05, 4.69) is 22.7 Å². The first-order chi connectivity index (χ1) is 11.0. The first-order valence-electron chi connectivity index (χ1n) is 7.24. The van der Waals surface area contributed by atoms with E-state index in [9.17, 15) is 9.18 Å². The van der Waals surface area contributed by atoms with E-state index in [1.54, 1.807) is 6.21 Å². The molecule has 0 saturated carbocycles. The fourth-order valence-corrected chi connectivity index (χ4v) is 2.28. The van der Waals surface area contributed by atoms with Crippen LogP contribution < -0.4 is 10.2 Å². The highest BCUT2D eigenvalue weighted by molar-refractivity contribution is 5.85. The number of amides is 1. The van der Waals surface area contributed by atoms with Gasteiger partial charge >= 0.3 is 0 Å². The molecule has 2 rings (SSSR count). The average Bonchev–Trinajstić information content (AvgIpc) is 2.49. The third-order valence-corrected chi connectivity index (χ3v) is 3.30. The van der Waals surface area contributed by atoms with Crippen molar-refractivity contribution in [2.24, 2.45) is 5.10 Å². The van der Waals surface area contributed by atoms with Gasteiger partial charge in [-0.15, -0.1) is 0 Å². The van der Waals surface area contributed by atoms with Gasteiger partial charge in [0, 0.05) is 5.56 Å². The SMILES string of the molecule is Cc1cc(C)c(C=NNC(=O)COc2ccc(F)cc2)c(C)c1. The third-order valence-electron chi connectivity index (χ3n) is 3.30. The number of hydrogen-bond donors (Lipinski definition) is 1. The number of hydrogen-bond acceptors (Lipinski definition) is 3. The summed E-state index contributed by atoms with van der Waals surface area (Å²) in [5, 5.41) is 3.95. The van der Waals surface area contributed by atoms with E-state index in [0.29, 0.717) is 5.75 Å². The number of rotatable bonds is 5. The number of halogens is 1. The molecule has 0 aromatic heterocycles. The third kappa shape index (κ3) is 4.92. The van der Waals surface area contributed by atoms with Gasteiger partial charge in [0.2, 0.25) is 0 Å². The van der Waals surface area contributed by atoms with E-state index in [4.69, 9.17) is 4.74 Å². The molecule has 2 aromatic carbocycles. The molecule has 0 unspecified atom stereocenters. The fourth-order valence-electron chi connectivity index (χ4n) is 2.28. The van der Waals surface area contributed by atoms with Crippen molar-refractivity contribution in [2.75, 3.05) is 6.61 Å². The summed E-state index contributed by atoms with van der Waals surface area (Å²) >= 11 is 0. The van der Waals surface area contributed by atoms with Crippen LogP contribution in [0.3, 0.4) is 0 Å². The van der Waals surface area contributed by atoms with Crippen molar-refractivity contribution in [2.45, 2.75) is 20.8 Å². The van der Waals surface area contributed by atoms with E-state index < -0.39 is 0 Å². The van der Waals surface area contributed by atoms with Gasteiger partial charge in [-0.1, -0.05) is 17.7 Å². The molecule has 0 spiro atoms. The van der Waals surface area contributed by atoms with Crippen molar-refractivity contribution >= 4 is 12.1 Å². The van der Waals surface area contributed by atoms with Gasteiger partial charge in [-0.2, -0.15) is 5.10 Å². The van der Waals surface area contributed by atoms with Crippen LogP contribution in [0.2, 0.25) is 0 Å². The van der Waals surface area contributed by atoms with Gasteiger partial charge < -0.3 is 4.74 Å². The van der Waals surface area contributed by atoms with Crippen molar-refractivity contribution in [1.29, 1.82) is 0 Å². The highest BCUT2D eigenvalue weighted by Gasteiger charge is 2.03. The van der Waals surface area contributed by atoms with Gasteiger partial charge in [0.05, 0.1) is 6.21 Å². The Balaban J connectivity index is 1.88. The normalized spacial score (nSPS) is 10.8. The lowest BCUT2D eigenvalue weighted by Crippen LogP contribution is -2.24. The van der Waals surface area contributed by atoms with E-state index in [0.717, 1.165) is 16.7 Å². The largest absolute Gasteiger partial charge is 0.484 e. The van der Waals surface area contributed by atoms with Crippen LogP contribution >= 0.6 is 0 Å². The van der Waals surface area contributed by atoms with Gasteiger partial charge in [-0.05, 0) is 56.2 Å². The Morgan fingerprint density at radius 1 is 1.17 bits per heavy atom. The maximum absolute atomic E-state index is 12.7. The molecule has 120 valence electrons. The summed E-state index contributed by atoms with van der Waals surface area (Å²) < 4.78 is 18.0. The molecule has 4 nitrogen and oxygen atoms in total. The number of benzene rings is 2. The first-order valence-corrected chi connectivity index (χ1v) is 7.24. The Morgan fingerprint density at radius 3 is 2.39 bits per heavy atom. The first kappa shape index (κ1) is 16.7. The lowest BCUT2D eigenvalue weighted by molar-refractivity contribution is -0.123. The standard InChI is InChI=1S/C18H19FN2O2/c1-12-8-13(2)17(14(3)9-12)10-20-21-18(22)11-23-16-6-4-15(19)5-7-16/h4-10H,11H2,1-3H3,(H,21,22). The summed E-state index contributed by atoms with van der Waals surface area (Å²) in [6.45, 7) is 5.85. The Bertz CT molecular complexity index is 701. The summed E-state index contributed by atoms with van der Waals surface area (Å²) in [4.78, 5) is 11.7. The number of nitrogens with zero attached hydrogens (tertiary/aromatic N) is 1. The van der Waals surface area contributed by atoms with Crippen LogP contribution in [0.5, 0.6) is 5.75 Å². The van der Waals surface area contributed by atoms with Crippen LogP contribution in [0.25, 0.3) is 0 Å².